The highest BCUT2D eigenvalue weighted by atomic mass is 32.1. The van der Waals surface area contributed by atoms with Gasteiger partial charge in [0.2, 0.25) is 5.91 Å². The molecule has 0 radical (unpaired) electrons. The second-order valence-corrected chi connectivity index (χ2v) is 8.39. The molecule has 3 rings (SSSR count). The lowest BCUT2D eigenvalue weighted by molar-refractivity contribution is -0.134. The lowest BCUT2D eigenvalue weighted by Gasteiger charge is -2.35. The first-order valence-corrected chi connectivity index (χ1v) is 9.53. The van der Waals surface area contributed by atoms with Crippen LogP contribution in [0.1, 0.15) is 50.7 Å². The number of piperidine rings is 1. The maximum Gasteiger partial charge on any atom is 0.228 e. The summed E-state index contributed by atoms with van der Waals surface area (Å²) in [6.45, 7) is 8.09. The molecule has 0 bridgehead atoms. The summed E-state index contributed by atoms with van der Waals surface area (Å²) < 4.78 is 1.93. The van der Waals surface area contributed by atoms with Crippen molar-refractivity contribution >= 4 is 17.2 Å². The fraction of sp³-hybridized carbons (Fsp3) is 0.611. The van der Waals surface area contributed by atoms with E-state index in [9.17, 15) is 4.79 Å². The molecule has 6 heteroatoms. The van der Waals surface area contributed by atoms with Crippen LogP contribution in [0.2, 0.25) is 0 Å². The van der Waals surface area contributed by atoms with E-state index in [1.807, 2.05) is 27.2 Å². The summed E-state index contributed by atoms with van der Waals surface area (Å²) in [5, 5.41) is 7.41. The zero-order chi connectivity index (χ0) is 17.2. The van der Waals surface area contributed by atoms with E-state index in [-0.39, 0.29) is 17.4 Å². The second kappa shape index (κ2) is 7.05. The minimum atomic E-state index is 0.0414. The molecule has 1 saturated heterocycles. The predicted molar refractivity (Wildman–Crippen MR) is 96.1 cm³/mol. The van der Waals surface area contributed by atoms with Crippen molar-refractivity contribution in [3.05, 3.63) is 34.5 Å². The maximum atomic E-state index is 12.8. The van der Waals surface area contributed by atoms with Crippen LogP contribution >= 0.6 is 11.3 Å². The van der Waals surface area contributed by atoms with E-state index < -0.39 is 0 Å². The van der Waals surface area contributed by atoms with Crippen molar-refractivity contribution in [2.24, 2.45) is 0 Å². The summed E-state index contributed by atoms with van der Waals surface area (Å²) >= 11 is 1.65. The molecule has 0 unspecified atom stereocenters. The van der Waals surface area contributed by atoms with Crippen LogP contribution in [0.5, 0.6) is 0 Å². The lowest BCUT2D eigenvalue weighted by atomic mass is 9.98. The number of likely N-dealkylation sites (tertiary alicyclic amines) is 1. The Morgan fingerprint density at radius 2 is 2.21 bits per heavy atom. The van der Waals surface area contributed by atoms with Gasteiger partial charge in [0.25, 0.3) is 0 Å². The molecular formula is C18H26N4OS. The number of hydrogen-bond donors (Lipinski definition) is 0. The van der Waals surface area contributed by atoms with Gasteiger partial charge in [-0.3, -0.25) is 9.48 Å². The molecule has 0 aliphatic carbocycles. The average molecular weight is 346 g/mol. The van der Waals surface area contributed by atoms with E-state index in [4.69, 9.17) is 0 Å². The highest BCUT2D eigenvalue weighted by Crippen LogP contribution is 2.26. The Morgan fingerprint density at radius 1 is 1.38 bits per heavy atom. The normalized spacial score (nSPS) is 18.8. The number of nitrogens with zero attached hydrogens (tertiary/aromatic N) is 4. The highest BCUT2D eigenvalue weighted by Gasteiger charge is 2.28. The Balaban J connectivity index is 1.66. The van der Waals surface area contributed by atoms with Crippen molar-refractivity contribution in [2.45, 2.75) is 64.5 Å². The van der Waals surface area contributed by atoms with Gasteiger partial charge in [-0.15, -0.1) is 11.3 Å². The average Bonchev–Trinajstić information content (AvgIpc) is 3.19. The molecule has 1 aliphatic rings. The topological polar surface area (TPSA) is 51.0 Å². The first kappa shape index (κ1) is 17.1. The molecule has 1 atom stereocenters. The third kappa shape index (κ3) is 4.04. The van der Waals surface area contributed by atoms with Gasteiger partial charge < -0.3 is 4.90 Å². The van der Waals surface area contributed by atoms with Crippen molar-refractivity contribution in [2.75, 3.05) is 6.54 Å². The van der Waals surface area contributed by atoms with Gasteiger partial charge in [-0.05, 0) is 25.3 Å². The van der Waals surface area contributed by atoms with E-state index in [1.54, 1.807) is 17.5 Å². The van der Waals surface area contributed by atoms with Crippen molar-refractivity contribution in [3.63, 3.8) is 0 Å². The first-order chi connectivity index (χ1) is 11.4. The summed E-state index contributed by atoms with van der Waals surface area (Å²) in [5.41, 5.74) is 0.943. The van der Waals surface area contributed by atoms with Crippen LogP contribution in [0.15, 0.2) is 23.8 Å². The monoisotopic (exact) mass is 346 g/mol. The van der Waals surface area contributed by atoms with E-state index in [1.165, 1.54) is 6.42 Å². The van der Waals surface area contributed by atoms with Gasteiger partial charge in [-0.25, -0.2) is 4.98 Å². The third-order valence-electron chi connectivity index (χ3n) is 4.43. The molecule has 1 fully saturated rings. The summed E-state index contributed by atoms with van der Waals surface area (Å²) in [6, 6.07) is 2.17. The van der Waals surface area contributed by atoms with Gasteiger partial charge in [0.15, 0.2) is 0 Å². The Labute approximate surface area is 147 Å². The second-order valence-electron chi connectivity index (χ2n) is 7.54. The minimum Gasteiger partial charge on any atom is -0.338 e. The van der Waals surface area contributed by atoms with Crippen LogP contribution < -0.4 is 0 Å². The molecule has 2 aromatic heterocycles. The molecule has 0 spiro atoms. The minimum absolute atomic E-state index is 0.0414. The Morgan fingerprint density at radius 3 is 2.88 bits per heavy atom. The molecule has 0 aromatic carbocycles. The van der Waals surface area contributed by atoms with Crippen LogP contribution in [0.25, 0.3) is 0 Å². The van der Waals surface area contributed by atoms with Gasteiger partial charge in [-0.2, -0.15) is 5.10 Å². The summed E-state index contributed by atoms with van der Waals surface area (Å²) in [6.07, 6.45) is 7.48. The number of aromatic nitrogens is 3. The van der Waals surface area contributed by atoms with Crippen LogP contribution in [0.4, 0.5) is 0 Å². The van der Waals surface area contributed by atoms with E-state index in [0.29, 0.717) is 6.42 Å². The van der Waals surface area contributed by atoms with Crippen molar-refractivity contribution in [3.8, 4) is 0 Å². The molecule has 1 aliphatic heterocycles. The lowest BCUT2D eigenvalue weighted by Crippen LogP contribution is -2.46. The fourth-order valence-corrected chi connectivity index (χ4v) is 4.04. The summed E-state index contributed by atoms with van der Waals surface area (Å²) in [5.74, 6) is 0.192. The summed E-state index contributed by atoms with van der Waals surface area (Å²) in [7, 11) is 0. The number of amides is 1. The number of carbonyl (C=O) groups is 1. The van der Waals surface area contributed by atoms with Gasteiger partial charge in [0.05, 0.1) is 29.7 Å². The molecule has 3 heterocycles. The van der Waals surface area contributed by atoms with Gasteiger partial charge in [0.1, 0.15) is 0 Å². The molecule has 24 heavy (non-hydrogen) atoms. The van der Waals surface area contributed by atoms with Gasteiger partial charge >= 0.3 is 0 Å². The van der Waals surface area contributed by atoms with Crippen LogP contribution in [-0.4, -0.2) is 38.2 Å². The molecular weight excluding hydrogens is 320 g/mol. The number of rotatable bonds is 4. The zero-order valence-corrected chi connectivity index (χ0v) is 15.6. The SMILES string of the molecule is CC(C)(C)c1nc(CC(=O)N2CCCC[C@@H]2Cn2cccn2)cs1. The summed E-state index contributed by atoms with van der Waals surface area (Å²) in [4.78, 5) is 19.5. The Bertz CT molecular complexity index is 672. The molecule has 5 nitrogen and oxygen atoms in total. The van der Waals surface area contributed by atoms with Crippen LogP contribution in [0, 0.1) is 0 Å². The molecule has 0 saturated carbocycles. The van der Waals surface area contributed by atoms with E-state index >= 15 is 0 Å². The fourth-order valence-electron chi connectivity index (χ4n) is 3.13. The standard InChI is InChI=1S/C18H26N4OS/c1-18(2,3)17-20-14(13-24-17)11-16(23)22-10-5-4-7-15(22)12-21-9-6-8-19-21/h6,8-9,13,15H,4-5,7,10-12H2,1-3H3/t15-/m1/s1. The van der Waals surface area contributed by atoms with Gasteiger partial charge in [-0.1, -0.05) is 20.8 Å². The van der Waals surface area contributed by atoms with Crippen molar-refractivity contribution in [1.29, 1.82) is 0 Å². The van der Waals surface area contributed by atoms with Gasteiger partial charge in [0, 0.05) is 29.7 Å². The molecule has 130 valence electrons. The highest BCUT2D eigenvalue weighted by molar-refractivity contribution is 7.09. The largest absolute Gasteiger partial charge is 0.338 e. The van der Waals surface area contributed by atoms with Crippen molar-refractivity contribution < 1.29 is 4.79 Å². The molecule has 0 N–H and O–H groups in total. The quantitative estimate of drug-likeness (QED) is 0.854. The number of carbonyl (C=O) groups excluding carboxylic acids is 1. The van der Waals surface area contributed by atoms with E-state index in [2.05, 4.69) is 30.9 Å². The zero-order valence-electron chi connectivity index (χ0n) is 14.7. The van der Waals surface area contributed by atoms with Crippen LogP contribution in [0.3, 0.4) is 0 Å². The van der Waals surface area contributed by atoms with Crippen molar-refractivity contribution in [1.82, 2.24) is 19.7 Å². The van der Waals surface area contributed by atoms with Crippen LogP contribution in [-0.2, 0) is 23.2 Å². The van der Waals surface area contributed by atoms with E-state index in [0.717, 1.165) is 36.6 Å². The molecule has 2 aromatic rings. The Hall–Kier alpha value is -1.69. The smallest absolute Gasteiger partial charge is 0.228 e. The maximum absolute atomic E-state index is 12.8. The number of thiazole rings is 1. The predicted octanol–water partition coefficient (Wildman–Crippen LogP) is 3.26. The number of hydrogen-bond acceptors (Lipinski definition) is 4. The first-order valence-electron chi connectivity index (χ1n) is 8.65. The Kier molecular flexibility index (Phi) is 5.04. The molecule has 1 amide bonds. The third-order valence-corrected chi connectivity index (χ3v) is 5.75.